The van der Waals surface area contributed by atoms with Crippen LogP contribution in [0.2, 0.25) is 0 Å². The van der Waals surface area contributed by atoms with Crippen LogP contribution in [0.25, 0.3) is 0 Å². The molecule has 0 saturated carbocycles. The molecule has 1 aromatic heterocycles. The van der Waals surface area contributed by atoms with E-state index in [1.807, 2.05) is 12.3 Å². The van der Waals surface area contributed by atoms with Crippen molar-refractivity contribution in [2.24, 2.45) is 0 Å². The zero-order valence-corrected chi connectivity index (χ0v) is 10.0. The van der Waals surface area contributed by atoms with Crippen molar-refractivity contribution in [3.8, 4) is 5.75 Å². The lowest BCUT2D eigenvalue weighted by Gasteiger charge is -2.03. The zero-order chi connectivity index (χ0) is 11.7. The first-order valence-electron chi connectivity index (χ1n) is 5.55. The summed E-state index contributed by atoms with van der Waals surface area (Å²) in [6.07, 6.45) is 2.87. The van der Waals surface area contributed by atoms with Gasteiger partial charge in [0.15, 0.2) is 0 Å². The minimum absolute atomic E-state index is 0.401. The fraction of sp³-hybridized carbons (Fsp3) is 0.333. The van der Waals surface area contributed by atoms with Crippen LogP contribution in [0.4, 0.5) is 0 Å². The normalized spacial score (nSPS) is 13.5. The summed E-state index contributed by atoms with van der Waals surface area (Å²) in [7, 11) is 0. The van der Waals surface area contributed by atoms with E-state index in [1.165, 1.54) is 11.1 Å². The number of halogens is 1. The fourth-order valence-corrected chi connectivity index (χ4v) is 2.12. The van der Waals surface area contributed by atoms with Gasteiger partial charge in [-0.15, -0.1) is 16.7 Å². The number of aromatic nitrogens is 3. The summed E-state index contributed by atoms with van der Waals surface area (Å²) in [5.41, 5.74) is 3.29. The first-order chi connectivity index (χ1) is 8.35. The van der Waals surface area contributed by atoms with E-state index >= 15 is 0 Å². The highest BCUT2D eigenvalue weighted by Gasteiger charge is 2.12. The summed E-state index contributed by atoms with van der Waals surface area (Å²) in [5, 5.41) is 7.99. The molecule has 1 aliphatic rings. The monoisotopic (exact) mass is 249 g/mol. The van der Waals surface area contributed by atoms with Gasteiger partial charge in [-0.3, -0.25) is 0 Å². The first-order valence-corrected chi connectivity index (χ1v) is 6.08. The largest absolute Gasteiger partial charge is 0.493 e. The Bertz CT molecular complexity index is 538. The van der Waals surface area contributed by atoms with Crippen molar-refractivity contribution < 1.29 is 4.74 Å². The van der Waals surface area contributed by atoms with Crippen molar-refractivity contribution in [2.75, 3.05) is 6.61 Å². The van der Waals surface area contributed by atoms with E-state index in [0.29, 0.717) is 5.88 Å². The molecule has 2 aromatic rings. The van der Waals surface area contributed by atoms with Crippen LogP contribution in [-0.2, 0) is 18.8 Å². The van der Waals surface area contributed by atoms with Gasteiger partial charge in [-0.2, -0.15) is 0 Å². The van der Waals surface area contributed by atoms with Crippen molar-refractivity contribution >= 4 is 11.6 Å². The Balaban J connectivity index is 1.80. The second-order valence-electron chi connectivity index (χ2n) is 4.08. The van der Waals surface area contributed by atoms with Gasteiger partial charge in [0.1, 0.15) is 5.75 Å². The molecule has 2 heterocycles. The van der Waals surface area contributed by atoms with Crippen LogP contribution in [0.3, 0.4) is 0 Å². The maximum absolute atomic E-state index is 5.69. The number of fused-ring (bicyclic) bond motifs is 1. The zero-order valence-electron chi connectivity index (χ0n) is 9.27. The second kappa shape index (κ2) is 4.37. The number of ether oxygens (including phenoxy) is 1. The topological polar surface area (TPSA) is 39.9 Å². The van der Waals surface area contributed by atoms with Crippen LogP contribution in [0.1, 0.15) is 16.8 Å². The van der Waals surface area contributed by atoms with Crippen molar-refractivity contribution in [1.29, 1.82) is 0 Å². The first kappa shape index (κ1) is 10.6. The molecule has 0 N–H and O–H groups in total. The lowest BCUT2D eigenvalue weighted by atomic mass is 10.1. The highest BCUT2D eigenvalue weighted by molar-refractivity contribution is 6.16. The molecule has 0 amide bonds. The number of alkyl halides is 1. The minimum atomic E-state index is 0.401. The molecule has 4 nitrogen and oxygen atoms in total. The Labute approximate surface area is 104 Å². The van der Waals surface area contributed by atoms with Crippen molar-refractivity contribution in [3.05, 3.63) is 41.2 Å². The number of benzene rings is 1. The predicted molar refractivity (Wildman–Crippen MR) is 64.3 cm³/mol. The van der Waals surface area contributed by atoms with Crippen LogP contribution in [0.5, 0.6) is 5.75 Å². The molecule has 0 aliphatic carbocycles. The van der Waals surface area contributed by atoms with Crippen LogP contribution in [0.15, 0.2) is 24.4 Å². The molecule has 0 unspecified atom stereocenters. The van der Waals surface area contributed by atoms with Gasteiger partial charge in [0.25, 0.3) is 0 Å². The molecule has 88 valence electrons. The van der Waals surface area contributed by atoms with Crippen LogP contribution >= 0.6 is 11.6 Å². The Morgan fingerprint density at radius 2 is 2.35 bits per heavy atom. The van der Waals surface area contributed by atoms with E-state index in [9.17, 15) is 0 Å². The Kier molecular flexibility index (Phi) is 2.73. The van der Waals surface area contributed by atoms with Gasteiger partial charge < -0.3 is 4.74 Å². The average molecular weight is 250 g/mol. The maximum atomic E-state index is 5.69. The molecule has 0 saturated heterocycles. The van der Waals surface area contributed by atoms with E-state index in [4.69, 9.17) is 16.3 Å². The number of hydrogen-bond donors (Lipinski definition) is 0. The van der Waals surface area contributed by atoms with Gasteiger partial charge >= 0.3 is 0 Å². The summed E-state index contributed by atoms with van der Waals surface area (Å²) in [5.74, 6) is 1.41. The van der Waals surface area contributed by atoms with Crippen LogP contribution in [0, 0.1) is 0 Å². The number of nitrogens with zero attached hydrogens (tertiary/aromatic N) is 3. The van der Waals surface area contributed by atoms with E-state index < -0.39 is 0 Å². The molecule has 0 radical (unpaired) electrons. The lowest BCUT2D eigenvalue weighted by Crippen LogP contribution is -2.00. The van der Waals surface area contributed by atoms with E-state index in [-0.39, 0.29) is 0 Å². The van der Waals surface area contributed by atoms with Crippen LogP contribution < -0.4 is 4.74 Å². The molecule has 0 fully saturated rings. The van der Waals surface area contributed by atoms with Crippen molar-refractivity contribution in [3.63, 3.8) is 0 Å². The third-order valence-corrected chi connectivity index (χ3v) is 3.10. The standard InChI is InChI=1S/C12H12ClN3O/c13-6-11-8-16(15-14-11)7-9-1-2-12-10(5-9)3-4-17-12/h1-2,5,8H,3-4,6-7H2. The second-order valence-corrected chi connectivity index (χ2v) is 4.35. The van der Waals surface area contributed by atoms with Gasteiger partial charge in [-0.1, -0.05) is 17.3 Å². The summed E-state index contributed by atoms with van der Waals surface area (Å²) < 4.78 is 7.27. The van der Waals surface area contributed by atoms with E-state index in [0.717, 1.165) is 31.0 Å². The molecule has 1 aromatic carbocycles. The summed E-state index contributed by atoms with van der Waals surface area (Å²) in [6, 6.07) is 6.26. The molecule has 1 aliphatic heterocycles. The van der Waals surface area contributed by atoms with E-state index in [1.54, 1.807) is 4.68 Å². The minimum Gasteiger partial charge on any atom is -0.493 e. The Morgan fingerprint density at radius 1 is 1.41 bits per heavy atom. The molecule has 3 rings (SSSR count). The van der Waals surface area contributed by atoms with Gasteiger partial charge in [0.05, 0.1) is 30.9 Å². The summed E-state index contributed by atoms with van der Waals surface area (Å²) >= 11 is 5.69. The predicted octanol–water partition coefficient (Wildman–Crippen LogP) is 2.00. The number of hydrogen-bond acceptors (Lipinski definition) is 3. The average Bonchev–Trinajstić information content (AvgIpc) is 2.96. The molecular weight excluding hydrogens is 238 g/mol. The highest BCUT2D eigenvalue weighted by atomic mass is 35.5. The quantitative estimate of drug-likeness (QED) is 0.782. The Hall–Kier alpha value is -1.55. The van der Waals surface area contributed by atoms with Crippen molar-refractivity contribution in [2.45, 2.75) is 18.8 Å². The number of rotatable bonds is 3. The van der Waals surface area contributed by atoms with E-state index in [2.05, 4.69) is 22.4 Å². The van der Waals surface area contributed by atoms with Crippen LogP contribution in [-0.4, -0.2) is 21.6 Å². The van der Waals surface area contributed by atoms with Gasteiger partial charge in [0.2, 0.25) is 0 Å². The molecular formula is C12H12ClN3O. The SMILES string of the molecule is ClCc1cn(Cc2ccc3c(c2)CCO3)nn1. The highest BCUT2D eigenvalue weighted by Crippen LogP contribution is 2.26. The molecule has 5 heteroatoms. The third-order valence-electron chi connectivity index (χ3n) is 2.82. The summed E-state index contributed by atoms with van der Waals surface area (Å²) in [4.78, 5) is 0. The maximum Gasteiger partial charge on any atom is 0.122 e. The third kappa shape index (κ3) is 2.13. The fourth-order valence-electron chi connectivity index (χ4n) is 2.00. The molecule has 17 heavy (non-hydrogen) atoms. The smallest absolute Gasteiger partial charge is 0.122 e. The lowest BCUT2D eigenvalue weighted by molar-refractivity contribution is 0.357. The molecule has 0 atom stereocenters. The van der Waals surface area contributed by atoms with Gasteiger partial charge in [0, 0.05) is 6.42 Å². The molecule has 0 bridgehead atoms. The molecule has 0 spiro atoms. The summed E-state index contributed by atoms with van der Waals surface area (Å²) in [6.45, 7) is 1.51. The van der Waals surface area contributed by atoms with Gasteiger partial charge in [-0.05, 0) is 17.2 Å². The van der Waals surface area contributed by atoms with Crippen molar-refractivity contribution in [1.82, 2.24) is 15.0 Å². The van der Waals surface area contributed by atoms with Gasteiger partial charge in [-0.25, -0.2) is 4.68 Å². The Morgan fingerprint density at radius 3 is 3.18 bits per heavy atom.